The van der Waals surface area contributed by atoms with Crippen LogP contribution in [0.1, 0.15) is 25.7 Å². The van der Waals surface area contributed by atoms with Crippen molar-refractivity contribution >= 4 is 0 Å². The van der Waals surface area contributed by atoms with Crippen LogP contribution in [0.5, 0.6) is 0 Å². The van der Waals surface area contributed by atoms with Crippen molar-refractivity contribution in [2.45, 2.75) is 37.8 Å². The van der Waals surface area contributed by atoms with E-state index in [0.29, 0.717) is 12.6 Å². The summed E-state index contributed by atoms with van der Waals surface area (Å²) in [6.45, 7) is 2.47. The van der Waals surface area contributed by atoms with Crippen LogP contribution in [0, 0.1) is 0 Å². The third-order valence-electron chi connectivity index (χ3n) is 3.17. The lowest BCUT2D eigenvalue weighted by Crippen LogP contribution is -2.39. The second-order valence-corrected chi connectivity index (χ2v) is 4.46. The van der Waals surface area contributed by atoms with Crippen molar-refractivity contribution in [1.82, 2.24) is 10.2 Å². The van der Waals surface area contributed by atoms with E-state index in [1.165, 1.54) is 25.8 Å². The summed E-state index contributed by atoms with van der Waals surface area (Å²) >= 11 is 0. The van der Waals surface area contributed by atoms with Crippen LogP contribution in [0.3, 0.4) is 0 Å². The summed E-state index contributed by atoms with van der Waals surface area (Å²) in [6, 6.07) is 0.692. The number of aliphatic hydroxyl groups excluding tert-OH is 2. The highest BCUT2D eigenvalue weighted by Crippen LogP contribution is 2.16. The number of piperidine rings is 1. The molecule has 0 aliphatic carbocycles. The second-order valence-electron chi connectivity index (χ2n) is 4.46. The molecular weight excluding hydrogens is 192 g/mol. The molecule has 0 aromatic heterocycles. The van der Waals surface area contributed by atoms with Gasteiger partial charge in [0.25, 0.3) is 0 Å². The van der Waals surface area contributed by atoms with Crippen LogP contribution in [-0.2, 0) is 0 Å². The van der Waals surface area contributed by atoms with Gasteiger partial charge in [0, 0.05) is 12.6 Å². The highest BCUT2D eigenvalue weighted by Gasteiger charge is 2.17. The van der Waals surface area contributed by atoms with Crippen molar-refractivity contribution in [2.75, 3.05) is 33.3 Å². The highest BCUT2D eigenvalue weighted by atomic mass is 16.3. The first-order valence-corrected chi connectivity index (χ1v) is 5.94. The van der Waals surface area contributed by atoms with Crippen molar-refractivity contribution in [3.63, 3.8) is 0 Å². The van der Waals surface area contributed by atoms with E-state index in [0.717, 1.165) is 13.0 Å². The summed E-state index contributed by atoms with van der Waals surface area (Å²) in [4.78, 5) is 2.42. The Morgan fingerprint density at radius 1 is 1.47 bits per heavy atom. The van der Waals surface area contributed by atoms with Gasteiger partial charge in [-0.15, -0.1) is 0 Å². The molecule has 0 amide bonds. The van der Waals surface area contributed by atoms with E-state index >= 15 is 0 Å². The third-order valence-corrected chi connectivity index (χ3v) is 3.17. The van der Waals surface area contributed by atoms with E-state index in [2.05, 4.69) is 17.3 Å². The molecular formula is C11H24N2O2. The lowest BCUT2D eigenvalue weighted by molar-refractivity contribution is 0.0933. The van der Waals surface area contributed by atoms with Crippen LogP contribution >= 0.6 is 0 Å². The van der Waals surface area contributed by atoms with E-state index < -0.39 is 6.10 Å². The maximum Gasteiger partial charge on any atom is 0.0894 e. The van der Waals surface area contributed by atoms with Gasteiger partial charge in [-0.1, -0.05) is 6.42 Å². The molecule has 0 radical (unpaired) electrons. The first kappa shape index (κ1) is 12.9. The zero-order chi connectivity index (χ0) is 11.1. The van der Waals surface area contributed by atoms with Gasteiger partial charge in [0.2, 0.25) is 0 Å². The van der Waals surface area contributed by atoms with Gasteiger partial charge in [-0.05, 0) is 39.4 Å². The Morgan fingerprint density at radius 3 is 2.93 bits per heavy atom. The predicted octanol–water partition coefficient (Wildman–Crippen LogP) is -0.196. The number of aliphatic hydroxyl groups is 2. The quantitative estimate of drug-likeness (QED) is 0.538. The van der Waals surface area contributed by atoms with E-state index in [1.54, 1.807) is 0 Å². The molecule has 2 unspecified atom stereocenters. The minimum atomic E-state index is -0.617. The first-order valence-electron chi connectivity index (χ1n) is 5.94. The molecule has 1 aliphatic rings. The fraction of sp³-hybridized carbons (Fsp3) is 1.00. The van der Waals surface area contributed by atoms with E-state index in [9.17, 15) is 0 Å². The SMILES string of the molecule is CN1CCCCC1CCNCC(O)CO. The van der Waals surface area contributed by atoms with Crippen LogP contribution in [0.4, 0.5) is 0 Å². The fourth-order valence-corrected chi connectivity index (χ4v) is 2.11. The van der Waals surface area contributed by atoms with Crippen molar-refractivity contribution in [2.24, 2.45) is 0 Å². The van der Waals surface area contributed by atoms with E-state index in [1.807, 2.05) is 0 Å². The van der Waals surface area contributed by atoms with Gasteiger partial charge in [-0.25, -0.2) is 0 Å². The number of rotatable bonds is 6. The summed E-state index contributed by atoms with van der Waals surface area (Å²) in [5.74, 6) is 0. The first-order chi connectivity index (χ1) is 7.24. The Morgan fingerprint density at radius 2 is 2.27 bits per heavy atom. The van der Waals surface area contributed by atoms with Crippen molar-refractivity contribution in [1.29, 1.82) is 0 Å². The molecule has 1 saturated heterocycles. The molecule has 0 bridgehead atoms. The summed E-state index contributed by atoms with van der Waals surface area (Å²) in [6.07, 6.45) is 4.47. The summed E-state index contributed by atoms with van der Waals surface area (Å²) in [5.41, 5.74) is 0. The van der Waals surface area contributed by atoms with Crippen molar-refractivity contribution in [3.05, 3.63) is 0 Å². The Bertz CT molecular complexity index is 167. The fourth-order valence-electron chi connectivity index (χ4n) is 2.11. The van der Waals surface area contributed by atoms with Gasteiger partial charge in [-0.2, -0.15) is 0 Å². The monoisotopic (exact) mass is 216 g/mol. The summed E-state index contributed by atoms with van der Waals surface area (Å²) < 4.78 is 0. The van der Waals surface area contributed by atoms with Crippen molar-refractivity contribution < 1.29 is 10.2 Å². The van der Waals surface area contributed by atoms with Gasteiger partial charge in [-0.3, -0.25) is 0 Å². The topological polar surface area (TPSA) is 55.7 Å². The minimum Gasteiger partial charge on any atom is -0.394 e. The molecule has 0 aromatic carbocycles. The molecule has 3 N–H and O–H groups in total. The Hall–Kier alpha value is -0.160. The van der Waals surface area contributed by atoms with Gasteiger partial charge in [0.1, 0.15) is 0 Å². The lowest BCUT2D eigenvalue weighted by atomic mass is 10.0. The van der Waals surface area contributed by atoms with E-state index in [-0.39, 0.29) is 6.61 Å². The summed E-state index contributed by atoms with van der Waals surface area (Å²) in [5, 5.41) is 20.9. The maximum atomic E-state index is 9.12. The number of hydrogen-bond donors (Lipinski definition) is 3. The second kappa shape index (κ2) is 7.17. The Balaban J connectivity index is 2.03. The normalized spacial score (nSPS) is 25.4. The predicted molar refractivity (Wildman–Crippen MR) is 60.8 cm³/mol. The zero-order valence-electron chi connectivity index (χ0n) is 9.65. The molecule has 1 rings (SSSR count). The van der Waals surface area contributed by atoms with Crippen LogP contribution < -0.4 is 5.32 Å². The van der Waals surface area contributed by atoms with Crippen LogP contribution in [0.15, 0.2) is 0 Å². The number of nitrogens with one attached hydrogen (secondary N) is 1. The molecule has 0 aromatic rings. The molecule has 4 nitrogen and oxygen atoms in total. The molecule has 2 atom stereocenters. The molecule has 1 heterocycles. The summed E-state index contributed by atoms with van der Waals surface area (Å²) in [7, 11) is 2.19. The molecule has 15 heavy (non-hydrogen) atoms. The van der Waals surface area contributed by atoms with Crippen LogP contribution in [0.25, 0.3) is 0 Å². The third kappa shape index (κ3) is 4.93. The average Bonchev–Trinajstić information content (AvgIpc) is 2.26. The molecule has 4 heteroatoms. The molecule has 0 spiro atoms. The van der Waals surface area contributed by atoms with Gasteiger partial charge >= 0.3 is 0 Å². The number of nitrogens with zero attached hydrogens (tertiary/aromatic N) is 1. The molecule has 0 saturated carbocycles. The van der Waals surface area contributed by atoms with E-state index in [4.69, 9.17) is 10.2 Å². The molecule has 1 fully saturated rings. The number of likely N-dealkylation sites (tertiary alicyclic amines) is 1. The minimum absolute atomic E-state index is 0.156. The standard InChI is InChI=1S/C11H24N2O2/c1-13-7-3-2-4-10(13)5-6-12-8-11(15)9-14/h10-12,14-15H,2-9H2,1H3. The lowest BCUT2D eigenvalue weighted by Gasteiger charge is -2.32. The average molecular weight is 216 g/mol. The van der Waals surface area contributed by atoms with Crippen LogP contribution in [0.2, 0.25) is 0 Å². The van der Waals surface area contributed by atoms with Gasteiger partial charge in [0.15, 0.2) is 0 Å². The number of hydrogen-bond acceptors (Lipinski definition) is 4. The Kier molecular flexibility index (Phi) is 6.17. The maximum absolute atomic E-state index is 9.12. The van der Waals surface area contributed by atoms with Crippen LogP contribution in [-0.4, -0.2) is 60.5 Å². The largest absolute Gasteiger partial charge is 0.394 e. The van der Waals surface area contributed by atoms with Crippen molar-refractivity contribution in [3.8, 4) is 0 Å². The zero-order valence-corrected chi connectivity index (χ0v) is 9.65. The highest BCUT2D eigenvalue weighted by molar-refractivity contribution is 4.75. The van der Waals surface area contributed by atoms with Gasteiger partial charge < -0.3 is 20.4 Å². The van der Waals surface area contributed by atoms with Gasteiger partial charge in [0.05, 0.1) is 12.7 Å². The smallest absolute Gasteiger partial charge is 0.0894 e. The Labute approximate surface area is 92.3 Å². The molecule has 90 valence electrons. The molecule has 1 aliphatic heterocycles.